The molecule has 1 saturated heterocycles. The molecule has 0 N–H and O–H groups in total. The lowest BCUT2D eigenvalue weighted by Gasteiger charge is -2.29. The van der Waals surface area contributed by atoms with Crippen molar-refractivity contribution in [1.82, 2.24) is 9.80 Å². The molecule has 1 fully saturated rings. The molecule has 0 saturated carbocycles. The van der Waals surface area contributed by atoms with Gasteiger partial charge in [-0.15, -0.1) is 11.6 Å². The Kier molecular flexibility index (Phi) is 6.07. The second-order valence-electron chi connectivity index (χ2n) is 6.15. The maximum absolute atomic E-state index is 11.9. The van der Waals surface area contributed by atoms with Crippen LogP contribution in [0.5, 0.6) is 0 Å². The molecule has 2 rings (SSSR count). The third-order valence-electron chi connectivity index (χ3n) is 4.13. The second kappa shape index (κ2) is 7.81. The monoisotopic (exact) mass is 308 g/mol. The first kappa shape index (κ1) is 16.3. The van der Waals surface area contributed by atoms with E-state index in [0.29, 0.717) is 5.92 Å². The fraction of sp³-hybridized carbons (Fsp3) is 0.588. The third-order valence-corrected chi connectivity index (χ3v) is 4.36. The van der Waals surface area contributed by atoms with Gasteiger partial charge in [-0.05, 0) is 38.3 Å². The van der Waals surface area contributed by atoms with Crippen molar-refractivity contribution in [2.75, 3.05) is 25.5 Å². The number of alkyl halides is 1. The number of nitrogens with zero attached hydrogens (tertiary/aromatic N) is 2. The topological polar surface area (TPSA) is 23.6 Å². The summed E-state index contributed by atoms with van der Waals surface area (Å²) in [7, 11) is 0. The number of hydrogen-bond acceptors (Lipinski definition) is 2. The molecule has 1 aromatic carbocycles. The van der Waals surface area contributed by atoms with Crippen LogP contribution in [0.3, 0.4) is 0 Å². The highest BCUT2D eigenvalue weighted by atomic mass is 35.5. The van der Waals surface area contributed by atoms with Crippen molar-refractivity contribution in [3.63, 3.8) is 0 Å². The van der Waals surface area contributed by atoms with E-state index in [1.165, 1.54) is 5.56 Å². The van der Waals surface area contributed by atoms with E-state index < -0.39 is 0 Å². The van der Waals surface area contributed by atoms with Gasteiger partial charge in [0.25, 0.3) is 0 Å². The molecule has 0 spiro atoms. The van der Waals surface area contributed by atoms with Gasteiger partial charge in [-0.1, -0.05) is 30.3 Å². The van der Waals surface area contributed by atoms with Crippen LogP contribution in [0.4, 0.5) is 0 Å². The van der Waals surface area contributed by atoms with Gasteiger partial charge < -0.3 is 4.90 Å². The first-order valence-corrected chi connectivity index (χ1v) is 8.25. The van der Waals surface area contributed by atoms with E-state index in [1.54, 1.807) is 0 Å². The molecule has 0 aliphatic carbocycles. The van der Waals surface area contributed by atoms with Crippen molar-refractivity contribution in [3.05, 3.63) is 35.9 Å². The zero-order valence-electron chi connectivity index (χ0n) is 13.0. The van der Waals surface area contributed by atoms with Crippen LogP contribution in [0.1, 0.15) is 25.8 Å². The highest BCUT2D eigenvalue weighted by molar-refractivity contribution is 6.27. The summed E-state index contributed by atoms with van der Waals surface area (Å²) in [5.41, 5.74) is 1.36. The lowest BCUT2D eigenvalue weighted by molar-refractivity contribution is -0.130. The van der Waals surface area contributed by atoms with Crippen LogP contribution in [0.2, 0.25) is 0 Å². The van der Waals surface area contributed by atoms with Gasteiger partial charge in [0.1, 0.15) is 5.88 Å². The molecular weight excluding hydrogens is 284 g/mol. The number of benzene rings is 1. The maximum atomic E-state index is 11.9. The van der Waals surface area contributed by atoms with Gasteiger partial charge in [0.15, 0.2) is 0 Å². The summed E-state index contributed by atoms with van der Waals surface area (Å²) >= 11 is 5.71. The highest BCUT2D eigenvalue weighted by Crippen LogP contribution is 2.20. The highest BCUT2D eigenvalue weighted by Gasteiger charge is 2.27. The molecule has 0 aromatic heterocycles. The summed E-state index contributed by atoms with van der Waals surface area (Å²) < 4.78 is 0. The molecule has 116 valence electrons. The van der Waals surface area contributed by atoms with Crippen molar-refractivity contribution < 1.29 is 4.79 Å². The fourth-order valence-electron chi connectivity index (χ4n) is 3.00. The minimum atomic E-state index is 0.0492. The van der Waals surface area contributed by atoms with E-state index in [2.05, 4.69) is 49.1 Å². The zero-order chi connectivity index (χ0) is 15.2. The van der Waals surface area contributed by atoms with Crippen molar-refractivity contribution in [2.45, 2.75) is 32.9 Å². The number of likely N-dealkylation sites (tertiary alicyclic amines) is 1. The van der Waals surface area contributed by atoms with Gasteiger partial charge in [-0.25, -0.2) is 0 Å². The molecule has 1 heterocycles. The Bertz CT molecular complexity index is 449. The lowest BCUT2D eigenvalue weighted by Crippen LogP contribution is -2.41. The molecular formula is C17H25ClN2O. The average Bonchev–Trinajstić information content (AvgIpc) is 2.92. The third kappa shape index (κ3) is 4.72. The molecule has 1 aliphatic heterocycles. The normalized spacial score (nSPS) is 19.1. The van der Waals surface area contributed by atoms with E-state index in [0.717, 1.165) is 32.6 Å². The Balaban J connectivity index is 1.85. The van der Waals surface area contributed by atoms with E-state index >= 15 is 0 Å². The van der Waals surface area contributed by atoms with Gasteiger partial charge >= 0.3 is 0 Å². The van der Waals surface area contributed by atoms with Crippen LogP contribution in [-0.4, -0.2) is 47.3 Å². The molecule has 0 radical (unpaired) electrons. The summed E-state index contributed by atoms with van der Waals surface area (Å²) in [6.07, 6.45) is 1.16. The second-order valence-corrected chi connectivity index (χ2v) is 6.42. The minimum Gasteiger partial charge on any atom is -0.339 e. The van der Waals surface area contributed by atoms with E-state index in [-0.39, 0.29) is 17.8 Å². The first-order valence-electron chi connectivity index (χ1n) is 7.72. The van der Waals surface area contributed by atoms with Crippen molar-refractivity contribution in [2.24, 2.45) is 5.92 Å². The predicted molar refractivity (Wildman–Crippen MR) is 87.4 cm³/mol. The van der Waals surface area contributed by atoms with Gasteiger partial charge in [-0.3, -0.25) is 9.69 Å². The maximum Gasteiger partial charge on any atom is 0.237 e. The molecule has 1 aliphatic rings. The summed E-state index contributed by atoms with van der Waals surface area (Å²) in [6.45, 7) is 8.12. The molecule has 21 heavy (non-hydrogen) atoms. The fourth-order valence-corrected chi connectivity index (χ4v) is 3.16. The molecule has 3 nitrogen and oxygen atoms in total. The summed E-state index contributed by atoms with van der Waals surface area (Å²) in [4.78, 5) is 16.3. The number of rotatable bonds is 6. The molecule has 4 heteroatoms. The van der Waals surface area contributed by atoms with E-state index in [4.69, 9.17) is 11.6 Å². The summed E-state index contributed by atoms with van der Waals surface area (Å²) in [5.74, 6) is 0.690. The van der Waals surface area contributed by atoms with Crippen molar-refractivity contribution >= 4 is 17.5 Å². The van der Waals surface area contributed by atoms with Gasteiger partial charge in [0.2, 0.25) is 5.91 Å². The predicted octanol–water partition coefficient (Wildman–Crippen LogP) is 2.98. The number of amides is 1. The first-order chi connectivity index (χ1) is 10.1. The van der Waals surface area contributed by atoms with Crippen LogP contribution in [-0.2, 0) is 11.3 Å². The summed E-state index contributed by atoms with van der Waals surface area (Å²) in [5, 5.41) is 0. The smallest absolute Gasteiger partial charge is 0.237 e. The molecule has 0 unspecified atom stereocenters. The zero-order valence-corrected chi connectivity index (χ0v) is 13.7. The largest absolute Gasteiger partial charge is 0.339 e. The number of carbonyl (C=O) groups excluding carboxylic acids is 1. The Morgan fingerprint density at radius 2 is 2.10 bits per heavy atom. The molecule has 0 bridgehead atoms. The number of halogens is 1. The van der Waals surface area contributed by atoms with E-state index in [1.807, 2.05) is 4.90 Å². The van der Waals surface area contributed by atoms with Gasteiger partial charge in [0, 0.05) is 25.7 Å². The van der Waals surface area contributed by atoms with Crippen molar-refractivity contribution in [1.29, 1.82) is 0 Å². The molecule has 1 aromatic rings. The Morgan fingerprint density at radius 1 is 1.38 bits per heavy atom. The number of carbonyl (C=O) groups is 1. The lowest BCUT2D eigenvalue weighted by atomic mass is 10.1. The van der Waals surface area contributed by atoms with E-state index in [9.17, 15) is 4.79 Å². The van der Waals surface area contributed by atoms with Gasteiger partial charge in [-0.2, -0.15) is 0 Å². The summed E-state index contributed by atoms with van der Waals surface area (Å²) in [6, 6.07) is 10.8. The Labute approximate surface area is 132 Å². The molecule has 1 amide bonds. The van der Waals surface area contributed by atoms with Gasteiger partial charge in [0.05, 0.1) is 0 Å². The van der Waals surface area contributed by atoms with Crippen LogP contribution in [0.15, 0.2) is 30.3 Å². The minimum absolute atomic E-state index is 0.0492. The van der Waals surface area contributed by atoms with Crippen LogP contribution >= 0.6 is 11.6 Å². The average molecular weight is 309 g/mol. The Hall–Kier alpha value is -1.06. The molecule has 1 atom stereocenters. The van der Waals surface area contributed by atoms with Crippen LogP contribution in [0, 0.1) is 5.92 Å². The SMILES string of the molecule is CC(C)N(C[C@@H]1CCN(Cc2ccccc2)C1)C(=O)CCl. The standard InChI is InChI=1S/C17H25ClN2O/c1-14(2)20(17(21)10-18)13-16-8-9-19(12-16)11-15-6-4-3-5-7-15/h3-7,14,16H,8-13H2,1-2H3/t16-/m1/s1. The Morgan fingerprint density at radius 3 is 2.71 bits per heavy atom. The van der Waals surface area contributed by atoms with Crippen LogP contribution < -0.4 is 0 Å². The quantitative estimate of drug-likeness (QED) is 0.754. The van der Waals surface area contributed by atoms with Crippen molar-refractivity contribution in [3.8, 4) is 0 Å². The van der Waals surface area contributed by atoms with Crippen LogP contribution in [0.25, 0.3) is 0 Å². The number of hydrogen-bond donors (Lipinski definition) is 0.